The molecule has 0 aromatic rings. The van der Waals surface area contributed by atoms with Gasteiger partial charge in [0.15, 0.2) is 0 Å². The van der Waals surface area contributed by atoms with E-state index in [2.05, 4.69) is 16.0 Å². The molecule has 0 bridgehead atoms. The first kappa shape index (κ1) is 21.8. The van der Waals surface area contributed by atoms with Gasteiger partial charge in [0, 0.05) is 19.1 Å². The molecule has 0 heterocycles. The first-order chi connectivity index (χ1) is 12.4. The van der Waals surface area contributed by atoms with Crippen molar-refractivity contribution in [3.8, 4) is 0 Å². The van der Waals surface area contributed by atoms with E-state index in [-0.39, 0.29) is 57.1 Å². The predicted octanol–water partition coefficient (Wildman–Crippen LogP) is -1.39. The molecule has 0 spiro atoms. The van der Waals surface area contributed by atoms with Crippen LogP contribution in [0.25, 0.3) is 0 Å². The van der Waals surface area contributed by atoms with E-state index in [1.165, 1.54) is 0 Å². The summed E-state index contributed by atoms with van der Waals surface area (Å²) in [7, 11) is 0. The summed E-state index contributed by atoms with van der Waals surface area (Å²) in [6, 6.07) is 0.116. The van der Waals surface area contributed by atoms with E-state index >= 15 is 0 Å². The molecule has 0 radical (unpaired) electrons. The second-order valence-corrected chi connectivity index (χ2v) is 6.29. The molecule has 1 aliphatic carbocycles. The number of carboxylic acid groups (broad SMARTS) is 2. The third-order valence-corrected chi connectivity index (χ3v) is 4.11. The van der Waals surface area contributed by atoms with Gasteiger partial charge < -0.3 is 20.8 Å². The summed E-state index contributed by atoms with van der Waals surface area (Å²) in [5, 5.41) is 25.1. The van der Waals surface area contributed by atoms with E-state index in [0.29, 0.717) is 0 Å². The van der Waals surface area contributed by atoms with Crippen molar-refractivity contribution < 1.29 is 29.4 Å². The number of carbonyl (C=O) groups is 4. The number of amides is 2. The zero-order valence-electron chi connectivity index (χ0n) is 14.8. The van der Waals surface area contributed by atoms with Crippen LogP contribution in [0, 0.1) is 0 Å². The molecule has 0 aliphatic heterocycles. The Morgan fingerprint density at radius 1 is 0.808 bits per heavy atom. The highest BCUT2D eigenvalue weighted by molar-refractivity contribution is 5.80. The van der Waals surface area contributed by atoms with Crippen LogP contribution >= 0.6 is 0 Å². The van der Waals surface area contributed by atoms with E-state index in [1.54, 1.807) is 4.90 Å². The SMILES string of the molecule is O=C(O)CNCC(=O)NCCNC(=O)CN(CC(=O)O)C1CCCCC1. The first-order valence-electron chi connectivity index (χ1n) is 8.80. The molecular weight excluding hydrogens is 344 g/mol. The zero-order chi connectivity index (χ0) is 19.4. The van der Waals surface area contributed by atoms with Gasteiger partial charge in [-0.1, -0.05) is 19.3 Å². The van der Waals surface area contributed by atoms with Crippen LogP contribution in [0.4, 0.5) is 0 Å². The standard InChI is InChI=1S/C16H28N4O6/c21-13(8-17-9-15(23)24)18-6-7-19-14(22)10-20(11-16(25)26)12-4-2-1-3-5-12/h12,17H,1-11H2,(H,18,21)(H,19,22)(H,23,24)(H,25,26). The van der Waals surface area contributed by atoms with Gasteiger partial charge in [0.05, 0.1) is 26.2 Å². The predicted molar refractivity (Wildman–Crippen MR) is 92.6 cm³/mol. The van der Waals surface area contributed by atoms with Crippen molar-refractivity contribution in [2.24, 2.45) is 0 Å². The smallest absolute Gasteiger partial charge is 0.317 e. The van der Waals surface area contributed by atoms with Gasteiger partial charge in [0.25, 0.3) is 0 Å². The summed E-state index contributed by atoms with van der Waals surface area (Å²) in [6.45, 7) is -0.134. The van der Waals surface area contributed by atoms with Crippen molar-refractivity contribution in [3.05, 3.63) is 0 Å². The fraction of sp³-hybridized carbons (Fsp3) is 0.750. The average Bonchev–Trinajstić information content (AvgIpc) is 2.58. The number of carbonyl (C=O) groups excluding carboxylic acids is 2. The van der Waals surface area contributed by atoms with Gasteiger partial charge in [-0.3, -0.25) is 29.4 Å². The topological polar surface area (TPSA) is 148 Å². The van der Waals surface area contributed by atoms with E-state index in [1.807, 2.05) is 0 Å². The van der Waals surface area contributed by atoms with Crippen LogP contribution in [-0.2, 0) is 19.2 Å². The maximum atomic E-state index is 12.0. The molecule has 0 atom stereocenters. The normalized spacial score (nSPS) is 14.8. The van der Waals surface area contributed by atoms with Crippen LogP contribution < -0.4 is 16.0 Å². The van der Waals surface area contributed by atoms with Crippen molar-refractivity contribution in [3.63, 3.8) is 0 Å². The van der Waals surface area contributed by atoms with Crippen molar-refractivity contribution in [2.45, 2.75) is 38.1 Å². The van der Waals surface area contributed by atoms with Crippen molar-refractivity contribution >= 4 is 23.8 Å². The van der Waals surface area contributed by atoms with Crippen LogP contribution in [0.5, 0.6) is 0 Å². The molecule has 0 unspecified atom stereocenters. The molecule has 1 aliphatic rings. The first-order valence-corrected chi connectivity index (χ1v) is 8.80. The molecule has 0 aromatic heterocycles. The number of aliphatic carboxylic acids is 2. The molecule has 26 heavy (non-hydrogen) atoms. The van der Waals surface area contributed by atoms with Gasteiger partial charge in [-0.2, -0.15) is 0 Å². The maximum Gasteiger partial charge on any atom is 0.317 e. The van der Waals surface area contributed by atoms with E-state index in [4.69, 9.17) is 10.2 Å². The third-order valence-electron chi connectivity index (χ3n) is 4.11. The molecule has 148 valence electrons. The number of nitrogens with zero attached hydrogens (tertiary/aromatic N) is 1. The largest absolute Gasteiger partial charge is 0.480 e. The minimum atomic E-state index is -1.05. The summed E-state index contributed by atoms with van der Waals surface area (Å²) >= 11 is 0. The number of hydrogen-bond donors (Lipinski definition) is 5. The van der Waals surface area contributed by atoms with Gasteiger partial charge in [-0.05, 0) is 12.8 Å². The van der Waals surface area contributed by atoms with Gasteiger partial charge in [-0.15, -0.1) is 0 Å². The number of carboxylic acids is 2. The zero-order valence-corrected chi connectivity index (χ0v) is 14.8. The molecule has 1 rings (SSSR count). The lowest BCUT2D eigenvalue weighted by atomic mass is 9.94. The lowest BCUT2D eigenvalue weighted by Gasteiger charge is -2.32. The third kappa shape index (κ3) is 9.94. The minimum absolute atomic E-state index is 0.0189. The van der Waals surface area contributed by atoms with Gasteiger partial charge in [0.1, 0.15) is 0 Å². The van der Waals surface area contributed by atoms with Crippen LogP contribution in [0.2, 0.25) is 0 Å². The molecule has 10 heteroatoms. The fourth-order valence-electron chi connectivity index (χ4n) is 2.92. The summed E-state index contributed by atoms with van der Waals surface area (Å²) in [5.41, 5.74) is 0. The summed E-state index contributed by atoms with van der Waals surface area (Å²) in [5.74, 6) is -2.65. The van der Waals surface area contributed by atoms with Gasteiger partial charge in [-0.25, -0.2) is 0 Å². The van der Waals surface area contributed by atoms with Gasteiger partial charge >= 0.3 is 11.9 Å². The quantitative estimate of drug-likeness (QED) is 0.263. The van der Waals surface area contributed by atoms with Crippen LogP contribution in [0.15, 0.2) is 0 Å². The van der Waals surface area contributed by atoms with E-state index < -0.39 is 11.9 Å². The second kappa shape index (κ2) is 12.2. The molecule has 2 amide bonds. The summed E-state index contributed by atoms with van der Waals surface area (Å²) in [6.07, 6.45) is 5.04. The number of nitrogens with one attached hydrogen (secondary N) is 3. The van der Waals surface area contributed by atoms with Crippen molar-refractivity contribution in [1.29, 1.82) is 0 Å². The Labute approximate surface area is 152 Å². The summed E-state index contributed by atoms with van der Waals surface area (Å²) in [4.78, 5) is 46.5. The molecular formula is C16H28N4O6. The minimum Gasteiger partial charge on any atom is -0.480 e. The van der Waals surface area contributed by atoms with Crippen LogP contribution in [0.1, 0.15) is 32.1 Å². The van der Waals surface area contributed by atoms with Crippen LogP contribution in [0.3, 0.4) is 0 Å². The van der Waals surface area contributed by atoms with Gasteiger partial charge in [0.2, 0.25) is 11.8 Å². The Kier molecular flexibility index (Phi) is 10.3. The highest BCUT2D eigenvalue weighted by Gasteiger charge is 2.24. The highest BCUT2D eigenvalue weighted by atomic mass is 16.4. The van der Waals surface area contributed by atoms with Crippen molar-refractivity contribution in [2.75, 3.05) is 39.3 Å². The Morgan fingerprint density at radius 2 is 1.42 bits per heavy atom. The highest BCUT2D eigenvalue weighted by Crippen LogP contribution is 2.22. The molecule has 5 N–H and O–H groups in total. The van der Waals surface area contributed by atoms with Crippen molar-refractivity contribution in [1.82, 2.24) is 20.9 Å². The van der Waals surface area contributed by atoms with Crippen LogP contribution in [-0.4, -0.2) is 84.2 Å². The molecule has 1 saturated carbocycles. The number of rotatable bonds is 12. The Hall–Kier alpha value is -2.20. The average molecular weight is 372 g/mol. The Balaban J connectivity index is 2.24. The molecule has 0 aromatic carbocycles. The monoisotopic (exact) mass is 372 g/mol. The molecule has 0 saturated heterocycles. The number of hydrogen-bond acceptors (Lipinski definition) is 6. The fourth-order valence-corrected chi connectivity index (χ4v) is 2.92. The maximum absolute atomic E-state index is 12.0. The molecule has 1 fully saturated rings. The molecule has 10 nitrogen and oxygen atoms in total. The second-order valence-electron chi connectivity index (χ2n) is 6.29. The summed E-state index contributed by atoms with van der Waals surface area (Å²) < 4.78 is 0. The van der Waals surface area contributed by atoms with E-state index in [9.17, 15) is 19.2 Å². The van der Waals surface area contributed by atoms with E-state index in [0.717, 1.165) is 32.1 Å². The lowest BCUT2D eigenvalue weighted by molar-refractivity contribution is -0.140. The Morgan fingerprint density at radius 3 is 2.00 bits per heavy atom. The lowest BCUT2D eigenvalue weighted by Crippen LogP contribution is -2.47. The Bertz CT molecular complexity index is 493.